The normalized spacial score (nSPS) is 21.6. The molecule has 3 rings (SSSR count). The predicted octanol–water partition coefficient (Wildman–Crippen LogP) is 2.74. The third-order valence-electron chi connectivity index (χ3n) is 3.75. The summed E-state index contributed by atoms with van der Waals surface area (Å²) in [5, 5.41) is 15.1. The first-order valence-electron chi connectivity index (χ1n) is 6.68. The Morgan fingerprint density at radius 2 is 1.87 bits per heavy atom. The molecular weight excluding hydrogens is 327 g/mol. The maximum atomic E-state index is 13.3. The fourth-order valence-electron chi connectivity index (χ4n) is 2.63. The van der Waals surface area contributed by atoms with Crippen LogP contribution in [0.15, 0.2) is 47.6 Å². The van der Waals surface area contributed by atoms with E-state index >= 15 is 0 Å². The van der Waals surface area contributed by atoms with E-state index in [4.69, 9.17) is 5.73 Å². The Labute approximate surface area is 135 Å². The molecule has 0 amide bonds. The lowest BCUT2D eigenvalue weighted by atomic mass is 9.96. The van der Waals surface area contributed by atoms with E-state index in [0.717, 1.165) is 10.8 Å². The quantitative estimate of drug-likeness (QED) is 0.785. The first-order valence-corrected chi connectivity index (χ1v) is 7.09. The second-order valence-corrected chi connectivity index (χ2v) is 5.63. The van der Waals surface area contributed by atoms with Gasteiger partial charge in [0, 0.05) is 5.56 Å². The Balaban J connectivity index is 2.14. The summed E-state index contributed by atoms with van der Waals surface area (Å²) in [5.41, 5.74) is 2.66. The average molecular weight is 339 g/mol. The molecule has 4 nitrogen and oxygen atoms in total. The van der Waals surface area contributed by atoms with E-state index in [-0.39, 0.29) is 10.7 Å². The molecule has 1 aliphatic heterocycles. The Hall–Kier alpha value is -2.19. The first-order chi connectivity index (χ1) is 10.7. The van der Waals surface area contributed by atoms with Crippen LogP contribution in [0.4, 0.5) is 13.2 Å². The van der Waals surface area contributed by atoms with E-state index in [9.17, 15) is 18.3 Å². The minimum Gasteiger partial charge on any atom is -0.375 e. The number of nitrogens with zero attached hydrogens (tertiary/aromatic N) is 2. The van der Waals surface area contributed by atoms with E-state index in [1.165, 1.54) is 0 Å². The van der Waals surface area contributed by atoms with Crippen molar-refractivity contribution in [2.45, 2.75) is 18.3 Å². The summed E-state index contributed by atoms with van der Waals surface area (Å²) >= 11 is 4.61. The summed E-state index contributed by atoms with van der Waals surface area (Å²) in [6.07, 6.45) is -5.70. The van der Waals surface area contributed by atoms with Crippen LogP contribution in [0.3, 0.4) is 0 Å². The third kappa shape index (κ3) is 2.43. The molecule has 8 heteroatoms. The fraction of sp³-hybridized carbons (Fsp3) is 0.200. The third-order valence-corrected chi connectivity index (χ3v) is 3.92. The first kappa shape index (κ1) is 15.7. The summed E-state index contributed by atoms with van der Waals surface area (Å²) in [5.74, 6) is 0. The molecule has 2 aromatic carbocycles. The van der Waals surface area contributed by atoms with Gasteiger partial charge in [0.2, 0.25) is 0 Å². The van der Waals surface area contributed by atoms with Crippen molar-refractivity contribution in [3.63, 3.8) is 0 Å². The van der Waals surface area contributed by atoms with Crippen LogP contribution in [0.25, 0.3) is 10.8 Å². The molecule has 1 atom stereocenters. The van der Waals surface area contributed by atoms with E-state index < -0.39 is 23.4 Å². The maximum absolute atomic E-state index is 13.3. The van der Waals surface area contributed by atoms with Crippen LogP contribution in [-0.4, -0.2) is 32.8 Å². The van der Waals surface area contributed by atoms with Gasteiger partial charge < -0.3 is 10.8 Å². The lowest BCUT2D eigenvalue weighted by Gasteiger charge is -2.32. The molecule has 3 N–H and O–H groups in total. The molecule has 1 unspecified atom stereocenters. The standard InChI is InChI=1S/C15H12F3N3OS/c16-15(17,18)14(22)8-12(20-21(14)13(19)23)11-7-3-5-9-4-1-2-6-10(9)11/h1-7,22H,8H2,(H2,19,23). The summed E-state index contributed by atoms with van der Waals surface area (Å²) in [7, 11) is 0. The Morgan fingerprint density at radius 3 is 2.48 bits per heavy atom. The Kier molecular flexibility index (Phi) is 3.53. The van der Waals surface area contributed by atoms with Gasteiger partial charge in [-0.3, -0.25) is 0 Å². The molecule has 1 heterocycles. The molecule has 0 radical (unpaired) electrons. The van der Waals surface area contributed by atoms with Crippen LogP contribution in [-0.2, 0) is 0 Å². The monoisotopic (exact) mass is 339 g/mol. The van der Waals surface area contributed by atoms with Gasteiger partial charge in [-0.05, 0) is 23.0 Å². The van der Waals surface area contributed by atoms with Gasteiger partial charge in [-0.2, -0.15) is 23.3 Å². The topological polar surface area (TPSA) is 61.8 Å². The number of hydrazone groups is 1. The highest BCUT2D eigenvalue weighted by atomic mass is 32.1. The number of hydrogen-bond donors (Lipinski definition) is 2. The molecular formula is C15H12F3N3OS. The van der Waals surface area contributed by atoms with E-state index in [1.807, 2.05) is 18.2 Å². The van der Waals surface area contributed by atoms with Crippen molar-refractivity contribution in [1.82, 2.24) is 5.01 Å². The molecule has 0 saturated heterocycles. The Bertz CT molecular complexity index is 816. The van der Waals surface area contributed by atoms with Crippen molar-refractivity contribution in [2.24, 2.45) is 10.8 Å². The summed E-state index contributed by atoms with van der Waals surface area (Å²) in [4.78, 5) is 0. The SMILES string of the molecule is NC(=S)N1N=C(c2cccc3ccccc23)CC1(O)C(F)(F)F. The van der Waals surface area contributed by atoms with Crippen LogP contribution in [0, 0.1) is 0 Å². The fourth-order valence-corrected chi connectivity index (χ4v) is 2.82. The molecule has 0 spiro atoms. The predicted molar refractivity (Wildman–Crippen MR) is 84.7 cm³/mol. The second kappa shape index (κ2) is 5.17. The van der Waals surface area contributed by atoms with Crippen LogP contribution in [0.2, 0.25) is 0 Å². The van der Waals surface area contributed by atoms with Crippen LogP contribution < -0.4 is 5.73 Å². The number of nitrogens with two attached hydrogens (primary N) is 1. The van der Waals surface area contributed by atoms with Gasteiger partial charge in [0.15, 0.2) is 5.11 Å². The summed E-state index contributed by atoms with van der Waals surface area (Å²) < 4.78 is 39.8. The smallest absolute Gasteiger partial charge is 0.375 e. The molecule has 120 valence electrons. The van der Waals surface area contributed by atoms with Gasteiger partial charge in [0.1, 0.15) is 0 Å². The van der Waals surface area contributed by atoms with Crippen molar-refractivity contribution < 1.29 is 18.3 Å². The molecule has 23 heavy (non-hydrogen) atoms. The van der Waals surface area contributed by atoms with Gasteiger partial charge in [0.05, 0.1) is 12.1 Å². The number of aliphatic hydroxyl groups is 1. The highest BCUT2D eigenvalue weighted by Crippen LogP contribution is 2.41. The number of fused-ring (bicyclic) bond motifs is 1. The highest BCUT2D eigenvalue weighted by molar-refractivity contribution is 7.80. The number of benzene rings is 2. The van der Waals surface area contributed by atoms with Crippen molar-refractivity contribution in [1.29, 1.82) is 0 Å². The minimum atomic E-state index is -4.95. The Morgan fingerprint density at radius 1 is 1.22 bits per heavy atom. The van der Waals surface area contributed by atoms with Crippen LogP contribution in [0.5, 0.6) is 0 Å². The van der Waals surface area contributed by atoms with Gasteiger partial charge in [-0.25, -0.2) is 0 Å². The van der Waals surface area contributed by atoms with Crippen molar-refractivity contribution in [2.75, 3.05) is 0 Å². The van der Waals surface area contributed by atoms with Gasteiger partial charge in [-0.15, -0.1) is 0 Å². The zero-order valence-corrected chi connectivity index (χ0v) is 12.5. The van der Waals surface area contributed by atoms with Crippen LogP contribution in [0.1, 0.15) is 12.0 Å². The molecule has 0 bridgehead atoms. The number of halogens is 3. The van der Waals surface area contributed by atoms with Crippen molar-refractivity contribution in [3.8, 4) is 0 Å². The lowest BCUT2D eigenvalue weighted by molar-refractivity contribution is -0.294. The number of rotatable bonds is 1. The number of hydrogen-bond acceptors (Lipinski definition) is 3. The number of thiocarbonyl (C=S) groups is 1. The van der Waals surface area contributed by atoms with Crippen molar-refractivity contribution >= 4 is 33.8 Å². The van der Waals surface area contributed by atoms with Gasteiger partial charge in [0.25, 0.3) is 5.72 Å². The molecule has 2 aromatic rings. The second-order valence-electron chi connectivity index (χ2n) is 5.21. The molecule has 1 aliphatic rings. The molecule has 0 aliphatic carbocycles. The zero-order valence-electron chi connectivity index (χ0n) is 11.7. The lowest BCUT2D eigenvalue weighted by Crippen LogP contribution is -2.57. The molecule has 0 aromatic heterocycles. The largest absolute Gasteiger partial charge is 0.438 e. The molecule has 0 fully saturated rings. The average Bonchev–Trinajstić information content (AvgIpc) is 2.86. The van der Waals surface area contributed by atoms with E-state index in [0.29, 0.717) is 5.56 Å². The highest BCUT2D eigenvalue weighted by Gasteiger charge is 2.62. The van der Waals surface area contributed by atoms with Crippen molar-refractivity contribution in [3.05, 3.63) is 48.0 Å². The minimum absolute atomic E-state index is 0.0782. The van der Waals surface area contributed by atoms with Gasteiger partial charge in [-0.1, -0.05) is 42.5 Å². The zero-order chi connectivity index (χ0) is 16.8. The number of alkyl halides is 3. The van der Waals surface area contributed by atoms with E-state index in [1.54, 1.807) is 24.3 Å². The molecule has 0 saturated carbocycles. The van der Waals surface area contributed by atoms with E-state index in [2.05, 4.69) is 17.3 Å². The summed E-state index contributed by atoms with van der Waals surface area (Å²) in [6, 6.07) is 12.4. The van der Waals surface area contributed by atoms with Gasteiger partial charge >= 0.3 is 6.18 Å². The maximum Gasteiger partial charge on any atom is 0.438 e. The summed E-state index contributed by atoms with van der Waals surface area (Å²) in [6.45, 7) is 0. The van der Waals surface area contributed by atoms with Crippen LogP contribution >= 0.6 is 12.2 Å².